The minimum absolute atomic E-state index is 0.0655. The van der Waals surface area contributed by atoms with Gasteiger partial charge in [0.15, 0.2) is 0 Å². The summed E-state index contributed by atoms with van der Waals surface area (Å²) in [7, 11) is -2.14. The first-order valence-electron chi connectivity index (χ1n) is 9.26. The molecule has 2 aromatic carbocycles. The lowest BCUT2D eigenvalue weighted by atomic mass is 10.0. The van der Waals surface area contributed by atoms with Crippen LogP contribution in [0.2, 0.25) is 5.02 Å². The Kier molecular flexibility index (Phi) is 5.40. The molecule has 1 aromatic heterocycles. The first-order chi connectivity index (χ1) is 14.3. The summed E-state index contributed by atoms with van der Waals surface area (Å²) >= 11 is 5.97. The molecule has 10 heteroatoms. The SMILES string of the molecule is Cn1cc(S(=O)(=O)Nc2ccc(Cc3ccc(Cl)cc3)c(N3CCNC3=O)c2)cn1. The van der Waals surface area contributed by atoms with E-state index in [4.69, 9.17) is 11.6 Å². The van der Waals surface area contributed by atoms with Crippen molar-refractivity contribution in [2.24, 2.45) is 7.05 Å². The van der Waals surface area contributed by atoms with Gasteiger partial charge in [0.1, 0.15) is 4.90 Å². The molecule has 0 unspecified atom stereocenters. The van der Waals surface area contributed by atoms with Crippen molar-refractivity contribution in [2.75, 3.05) is 22.7 Å². The van der Waals surface area contributed by atoms with E-state index in [2.05, 4.69) is 15.1 Å². The zero-order chi connectivity index (χ0) is 21.3. The first-order valence-corrected chi connectivity index (χ1v) is 11.1. The van der Waals surface area contributed by atoms with Crippen LogP contribution in [0.15, 0.2) is 59.8 Å². The van der Waals surface area contributed by atoms with E-state index in [0.717, 1.165) is 11.1 Å². The topological polar surface area (TPSA) is 96.3 Å². The molecule has 1 aliphatic rings. The summed E-state index contributed by atoms with van der Waals surface area (Å²) in [5.74, 6) is 0. The number of carbonyl (C=O) groups is 1. The average molecular weight is 446 g/mol. The predicted octanol–water partition coefficient (Wildman–Crippen LogP) is 2.99. The molecule has 1 saturated heterocycles. The largest absolute Gasteiger partial charge is 0.336 e. The van der Waals surface area contributed by atoms with E-state index < -0.39 is 10.0 Å². The molecule has 0 radical (unpaired) electrons. The lowest BCUT2D eigenvalue weighted by molar-refractivity contribution is 0.252. The Morgan fingerprint density at radius 2 is 1.97 bits per heavy atom. The van der Waals surface area contributed by atoms with Crippen LogP contribution < -0.4 is 14.9 Å². The summed E-state index contributed by atoms with van der Waals surface area (Å²) < 4.78 is 29.3. The van der Waals surface area contributed by atoms with E-state index >= 15 is 0 Å². The van der Waals surface area contributed by atoms with E-state index in [1.807, 2.05) is 30.3 Å². The van der Waals surface area contributed by atoms with Crippen molar-refractivity contribution >= 4 is 39.0 Å². The number of urea groups is 1. The number of rotatable bonds is 6. The highest BCUT2D eigenvalue weighted by Crippen LogP contribution is 2.30. The van der Waals surface area contributed by atoms with Gasteiger partial charge in [-0.15, -0.1) is 0 Å². The van der Waals surface area contributed by atoms with Gasteiger partial charge in [-0.2, -0.15) is 5.10 Å². The molecule has 0 bridgehead atoms. The smallest absolute Gasteiger partial charge is 0.322 e. The van der Waals surface area contributed by atoms with Crippen LogP contribution in [0.3, 0.4) is 0 Å². The fraction of sp³-hybridized carbons (Fsp3) is 0.200. The summed E-state index contributed by atoms with van der Waals surface area (Å²) in [4.78, 5) is 14.0. The highest BCUT2D eigenvalue weighted by atomic mass is 35.5. The Balaban J connectivity index is 1.68. The summed E-state index contributed by atoms with van der Waals surface area (Å²) in [6.45, 7) is 1.04. The fourth-order valence-corrected chi connectivity index (χ4v) is 4.46. The number of benzene rings is 2. The lowest BCUT2D eigenvalue weighted by Gasteiger charge is -2.20. The molecule has 3 aromatic rings. The molecule has 4 rings (SSSR count). The Morgan fingerprint density at radius 3 is 2.60 bits per heavy atom. The maximum absolute atomic E-state index is 12.6. The third-order valence-corrected chi connectivity index (χ3v) is 6.37. The van der Waals surface area contributed by atoms with Gasteiger partial charge in [0.2, 0.25) is 0 Å². The number of halogens is 1. The van der Waals surface area contributed by atoms with Crippen molar-refractivity contribution in [1.29, 1.82) is 0 Å². The number of aromatic nitrogens is 2. The number of hydrogen-bond donors (Lipinski definition) is 2. The van der Waals surface area contributed by atoms with E-state index in [-0.39, 0.29) is 10.9 Å². The van der Waals surface area contributed by atoms with Crippen LogP contribution in [0.4, 0.5) is 16.2 Å². The maximum Gasteiger partial charge on any atom is 0.322 e. The Labute approximate surface area is 179 Å². The lowest BCUT2D eigenvalue weighted by Crippen LogP contribution is -2.28. The van der Waals surface area contributed by atoms with Crippen molar-refractivity contribution in [3.63, 3.8) is 0 Å². The quantitative estimate of drug-likeness (QED) is 0.609. The first kappa shape index (κ1) is 20.2. The zero-order valence-electron chi connectivity index (χ0n) is 16.2. The van der Waals surface area contributed by atoms with E-state index in [0.29, 0.717) is 35.9 Å². The Hall–Kier alpha value is -3.04. The molecular formula is C20H20ClN5O3S. The van der Waals surface area contributed by atoms with Crippen molar-refractivity contribution < 1.29 is 13.2 Å². The fourth-order valence-electron chi connectivity index (χ4n) is 3.30. The van der Waals surface area contributed by atoms with Crippen molar-refractivity contribution in [3.05, 3.63) is 71.0 Å². The van der Waals surface area contributed by atoms with Crippen molar-refractivity contribution in [1.82, 2.24) is 15.1 Å². The highest BCUT2D eigenvalue weighted by molar-refractivity contribution is 7.92. The van der Waals surface area contributed by atoms with E-state index in [1.54, 1.807) is 24.1 Å². The van der Waals surface area contributed by atoms with Gasteiger partial charge in [0.25, 0.3) is 10.0 Å². The van der Waals surface area contributed by atoms with Gasteiger partial charge >= 0.3 is 6.03 Å². The third kappa shape index (κ3) is 4.27. The molecule has 2 N–H and O–H groups in total. The minimum Gasteiger partial charge on any atom is -0.336 e. The number of nitrogens with zero attached hydrogens (tertiary/aromatic N) is 3. The normalized spacial score (nSPS) is 14.1. The van der Waals surface area contributed by atoms with Crippen LogP contribution in [0.5, 0.6) is 0 Å². The number of aryl methyl sites for hydroxylation is 1. The van der Waals surface area contributed by atoms with Gasteiger partial charge in [-0.05, 0) is 41.8 Å². The van der Waals surface area contributed by atoms with Gasteiger partial charge in [-0.1, -0.05) is 29.8 Å². The summed E-state index contributed by atoms with van der Waals surface area (Å²) in [5.41, 5.74) is 2.96. The molecular weight excluding hydrogens is 426 g/mol. The number of sulfonamides is 1. The molecule has 156 valence electrons. The molecule has 2 amide bonds. The van der Waals surface area contributed by atoms with Crippen LogP contribution in [-0.4, -0.2) is 37.3 Å². The molecule has 30 heavy (non-hydrogen) atoms. The molecule has 8 nitrogen and oxygen atoms in total. The van der Waals surface area contributed by atoms with Gasteiger partial charge in [0.05, 0.1) is 17.6 Å². The van der Waals surface area contributed by atoms with Crippen LogP contribution in [0.1, 0.15) is 11.1 Å². The average Bonchev–Trinajstić information content (AvgIpc) is 3.33. The van der Waals surface area contributed by atoms with Crippen LogP contribution >= 0.6 is 11.6 Å². The van der Waals surface area contributed by atoms with E-state index in [9.17, 15) is 13.2 Å². The van der Waals surface area contributed by atoms with Gasteiger partial charge in [-0.3, -0.25) is 14.3 Å². The number of amides is 2. The van der Waals surface area contributed by atoms with Crippen LogP contribution in [0.25, 0.3) is 0 Å². The number of anilines is 2. The number of carbonyl (C=O) groups excluding carboxylic acids is 1. The Bertz CT molecular complexity index is 1190. The Morgan fingerprint density at radius 1 is 1.20 bits per heavy atom. The van der Waals surface area contributed by atoms with Crippen LogP contribution in [-0.2, 0) is 23.5 Å². The molecule has 0 spiro atoms. The summed E-state index contributed by atoms with van der Waals surface area (Å²) in [5, 5.41) is 7.34. The molecule has 2 heterocycles. The zero-order valence-corrected chi connectivity index (χ0v) is 17.7. The summed E-state index contributed by atoms with van der Waals surface area (Å²) in [6, 6.07) is 12.5. The van der Waals surface area contributed by atoms with Gasteiger partial charge in [0, 0.05) is 31.4 Å². The molecule has 1 aliphatic heterocycles. The standard InChI is InChI=1S/C20H20ClN5O3S/c1-25-13-18(12-23-25)30(28,29)24-17-7-4-15(10-14-2-5-16(21)6-3-14)19(11-17)26-9-8-22-20(26)27/h2-7,11-13,24H,8-10H2,1H3,(H,22,27). The molecule has 0 aliphatic carbocycles. The molecule has 1 fully saturated rings. The van der Waals surface area contributed by atoms with Crippen LogP contribution in [0, 0.1) is 0 Å². The maximum atomic E-state index is 12.6. The van der Waals surface area contributed by atoms with Crippen molar-refractivity contribution in [3.8, 4) is 0 Å². The van der Waals surface area contributed by atoms with Gasteiger partial charge in [-0.25, -0.2) is 13.2 Å². The monoisotopic (exact) mass is 445 g/mol. The second kappa shape index (κ2) is 8.00. The van der Waals surface area contributed by atoms with Gasteiger partial charge < -0.3 is 5.32 Å². The molecule has 0 saturated carbocycles. The second-order valence-electron chi connectivity index (χ2n) is 6.99. The second-order valence-corrected chi connectivity index (χ2v) is 9.10. The molecule has 0 atom stereocenters. The minimum atomic E-state index is -3.79. The van der Waals surface area contributed by atoms with Crippen molar-refractivity contribution in [2.45, 2.75) is 11.3 Å². The predicted molar refractivity (Wildman–Crippen MR) is 115 cm³/mol. The number of nitrogens with one attached hydrogen (secondary N) is 2. The van der Waals surface area contributed by atoms with E-state index in [1.165, 1.54) is 17.1 Å². The third-order valence-electron chi connectivity index (χ3n) is 4.78. The highest BCUT2D eigenvalue weighted by Gasteiger charge is 2.25. The summed E-state index contributed by atoms with van der Waals surface area (Å²) in [6.07, 6.45) is 3.28. The number of hydrogen-bond acceptors (Lipinski definition) is 4.